The van der Waals surface area contributed by atoms with Crippen LogP contribution in [0.25, 0.3) is 0 Å². The van der Waals surface area contributed by atoms with Crippen molar-refractivity contribution in [3.05, 3.63) is 22.8 Å². The third-order valence-corrected chi connectivity index (χ3v) is 8.48. The topological polar surface area (TPSA) is 168 Å². The number of Topliss-reactive ketones (excluding diaryl/α,β-unsaturated/α-hetero) is 4. The number of phenolic OH excluding ortho intramolecular Hbond substituents is 1. The molecule has 1 aromatic carbocycles. The number of hydrogen-bond donors (Lipinski definition) is 3. The molecule has 0 bridgehead atoms. The lowest BCUT2D eigenvalue weighted by Gasteiger charge is -2.52. The van der Waals surface area contributed by atoms with E-state index in [1.54, 1.807) is 14.1 Å². The van der Waals surface area contributed by atoms with E-state index < -0.39 is 64.4 Å². The second-order valence-electron chi connectivity index (χ2n) is 13.0. The van der Waals surface area contributed by atoms with Gasteiger partial charge in [-0.05, 0) is 51.4 Å². The highest BCUT2D eigenvalue weighted by Crippen LogP contribution is 2.52. The number of benzene rings is 1. The molecular formula is C29H39N3O8. The Labute approximate surface area is 233 Å². The van der Waals surface area contributed by atoms with Gasteiger partial charge in [-0.2, -0.15) is 0 Å². The minimum absolute atomic E-state index is 0.0119. The Hall–Kier alpha value is -3.15. The van der Waals surface area contributed by atoms with Gasteiger partial charge in [-0.25, -0.2) is 0 Å². The van der Waals surface area contributed by atoms with E-state index in [2.05, 4.69) is 25.7 Å². The van der Waals surface area contributed by atoms with Gasteiger partial charge >= 0.3 is 0 Å². The Morgan fingerprint density at radius 3 is 2.30 bits per heavy atom. The zero-order valence-corrected chi connectivity index (χ0v) is 24.1. The number of carbonyl (C=O) groups excluding carboxylic acids is 5. The molecule has 3 aliphatic carbocycles. The predicted octanol–water partition coefficient (Wildman–Crippen LogP) is 0.354. The summed E-state index contributed by atoms with van der Waals surface area (Å²) >= 11 is 0. The Morgan fingerprint density at radius 1 is 1.15 bits per heavy atom. The SMILES string of the molecule is COc1c(CN(C)CC(C)(C)C)cc(O)c2c1C[C@H]1C[C@H]3[C@H](N(C)C)C(=O)C(C(N)=O)C(=O)[C@@]3(O)C(=O)C1C2=O. The number of amides is 1. The molecule has 40 heavy (non-hydrogen) atoms. The van der Waals surface area contributed by atoms with Gasteiger partial charge in [0.2, 0.25) is 5.91 Å². The molecule has 2 unspecified atom stereocenters. The number of fused-ring (bicyclic) bond motifs is 3. The minimum Gasteiger partial charge on any atom is -0.507 e. The smallest absolute Gasteiger partial charge is 0.235 e. The van der Waals surface area contributed by atoms with Gasteiger partial charge in [-0.15, -0.1) is 0 Å². The van der Waals surface area contributed by atoms with Crippen LogP contribution in [0, 0.1) is 29.1 Å². The monoisotopic (exact) mass is 557 g/mol. The number of rotatable bonds is 6. The third-order valence-electron chi connectivity index (χ3n) is 8.48. The summed E-state index contributed by atoms with van der Waals surface area (Å²) in [6, 6.07) is 0.310. The Kier molecular flexibility index (Phi) is 7.49. The Bertz CT molecular complexity index is 1300. The predicted molar refractivity (Wildman–Crippen MR) is 144 cm³/mol. The van der Waals surface area contributed by atoms with Crippen LogP contribution in [0.15, 0.2) is 6.07 Å². The lowest BCUT2D eigenvalue weighted by atomic mass is 9.52. The number of methoxy groups -OCH3 is 1. The molecule has 0 radical (unpaired) electrons. The first-order valence-corrected chi connectivity index (χ1v) is 13.4. The number of aliphatic hydroxyl groups is 1. The first-order chi connectivity index (χ1) is 18.4. The van der Waals surface area contributed by atoms with Crippen LogP contribution in [0.4, 0.5) is 0 Å². The molecule has 6 atom stereocenters. The average Bonchev–Trinajstić information content (AvgIpc) is 2.79. The van der Waals surface area contributed by atoms with Crippen LogP contribution in [-0.2, 0) is 32.1 Å². The molecular weight excluding hydrogens is 518 g/mol. The fourth-order valence-electron chi connectivity index (χ4n) is 7.24. The molecule has 1 aromatic rings. The zero-order valence-electron chi connectivity index (χ0n) is 24.1. The van der Waals surface area contributed by atoms with Crippen molar-refractivity contribution in [3.63, 3.8) is 0 Å². The number of likely N-dealkylation sites (N-methyl/N-ethyl adjacent to an activating group) is 1. The number of phenols is 1. The number of aromatic hydroxyl groups is 1. The summed E-state index contributed by atoms with van der Waals surface area (Å²) in [5.41, 5.74) is 3.68. The molecule has 11 heteroatoms. The molecule has 0 heterocycles. The summed E-state index contributed by atoms with van der Waals surface area (Å²) < 4.78 is 5.75. The van der Waals surface area contributed by atoms with Crippen LogP contribution in [0.2, 0.25) is 0 Å². The first-order valence-electron chi connectivity index (χ1n) is 13.4. The van der Waals surface area contributed by atoms with Gasteiger partial charge in [0, 0.05) is 30.1 Å². The van der Waals surface area contributed by atoms with Crippen molar-refractivity contribution in [2.75, 3.05) is 34.8 Å². The fourth-order valence-corrected chi connectivity index (χ4v) is 7.24. The molecule has 2 fully saturated rings. The average molecular weight is 558 g/mol. The van der Waals surface area contributed by atoms with Crippen molar-refractivity contribution in [1.82, 2.24) is 9.80 Å². The minimum atomic E-state index is -2.74. The molecule has 218 valence electrons. The van der Waals surface area contributed by atoms with Gasteiger partial charge in [-0.1, -0.05) is 20.8 Å². The third kappa shape index (κ3) is 4.53. The van der Waals surface area contributed by atoms with E-state index in [1.807, 2.05) is 7.05 Å². The molecule has 4 rings (SSSR count). The molecule has 0 aromatic heterocycles. The number of primary amides is 1. The van der Waals surface area contributed by atoms with Crippen LogP contribution >= 0.6 is 0 Å². The summed E-state index contributed by atoms with van der Waals surface area (Å²) in [7, 11) is 6.53. The molecule has 4 N–H and O–H groups in total. The summed E-state index contributed by atoms with van der Waals surface area (Å²) in [6.45, 7) is 7.52. The number of carbonyl (C=O) groups is 5. The van der Waals surface area contributed by atoms with Gasteiger partial charge < -0.3 is 25.6 Å². The van der Waals surface area contributed by atoms with Crippen molar-refractivity contribution in [2.24, 2.45) is 34.8 Å². The lowest BCUT2D eigenvalue weighted by Crippen LogP contribution is -2.74. The van der Waals surface area contributed by atoms with E-state index in [4.69, 9.17) is 10.5 Å². The quantitative estimate of drug-likeness (QED) is 0.415. The standard InChI is InChI=1S/C29H39N3O8/c1-28(2,3)12-32(6)11-14-10-17(33)19-15(24(14)40-7)8-13-9-16-21(31(4)5)23(35)20(27(30)38)26(37)29(16,39)25(36)18(13)22(19)34/h10,13,16,18,20-21,33,39H,8-9,11-12H2,1-7H3,(H2,30,38)/t13-,16-,18?,20?,21-,29-/m0/s1. The van der Waals surface area contributed by atoms with Gasteiger partial charge in [0.1, 0.15) is 11.5 Å². The molecule has 0 saturated heterocycles. The van der Waals surface area contributed by atoms with E-state index in [0.717, 1.165) is 6.54 Å². The van der Waals surface area contributed by atoms with Gasteiger partial charge in [0.05, 0.1) is 24.6 Å². The van der Waals surface area contributed by atoms with E-state index in [9.17, 15) is 34.2 Å². The van der Waals surface area contributed by atoms with Crippen molar-refractivity contribution < 1.29 is 38.9 Å². The highest BCUT2D eigenvalue weighted by atomic mass is 16.5. The van der Waals surface area contributed by atoms with Crippen LogP contribution in [0.1, 0.15) is 48.7 Å². The highest BCUT2D eigenvalue weighted by Gasteiger charge is 2.69. The Balaban J connectivity index is 1.81. The van der Waals surface area contributed by atoms with Gasteiger partial charge in [0.25, 0.3) is 0 Å². The summed E-state index contributed by atoms with van der Waals surface area (Å²) in [5, 5.41) is 22.7. The number of nitrogens with zero attached hydrogens (tertiary/aromatic N) is 2. The molecule has 0 spiro atoms. The van der Waals surface area contributed by atoms with Crippen molar-refractivity contribution in [1.29, 1.82) is 0 Å². The maximum absolute atomic E-state index is 13.9. The summed E-state index contributed by atoms with van der Waals surface area (Å²) in [5.74, 6) is -10.3. The largest absolute Gasteiger partial charge is 0.507 e. The van der Waals surface area contributed by atoms with Crippen molar-refractivity contribution >= 4 is 29.0 Å². The molecule has 3 aliphatic rings. The molecule has 1 amide bonds. The van der Waals surface area contributed by atoms with Crippen molar-refractivity contribution in [2.45, 2.75) is 51.8 Å². The highest BCUT2D eigenvalue weighted by molar-refractivity contribution is 6.32. The van der Waals surface area contributed by atoms with Crippen LogP contribution in [0.3, 0.4) is 0 Å². The molecule has 0 aliphatic heterocycles. The molecule has 11 nitrogen and oxygen atoms in total. The van der Waals surface area contributed by atoms with E-state index >= 15 is 0 Å². The summed E-state index contributed by atoms with van der Waals surface area (Å²) in [6.07, 6.45) is 0.140. The van der Waals surface area contributed by atoms with Crippen molar-refractivity contribution in [3.8, 4) is 11.5 Å². The zero-order chi connectivity index (χ0) is 30.1. The Morgan fingerprint density at radius 2 is 1.77 bits per heavy atom. The number of ether oxygens (including phenoxy) is 1. The normalized spacial score (nSPS) is 30.3. The lowest BCUT2D eigenvalue weighted by molar-refractivity contribution is -0.181. The van der Waals surface area contributed by atoms with Crippen LogP contribution in [0.5, 0.6) is 11.5 Å². The van der Waals surface area contributed by atoms with Gasteiger partial charge in [-0.3, -0.25) is 28.9 Å². The molecule has 2 saturated carbocycles. The second-order valence-corrected chi connectivity index (χ2v) is 13.0. The van der Waals surface area contributed by atoms with Crippen LogP contribution < -0.4 is 10.5 Å². The van der Waals surface area contributed by atoms with Gasteiger partial charge in [0.15, 0.2) is 34.7 Å². The summed E-state index contributed by atoms with van der Waals surface area (Å²) in [4.78, 5) is 70.0. The number of hydrogen-bond acceptors (Lipinski definition) is 10. The fraction of sp³-hybridized carbons (Fsp3) is 0.621. The van der Waals surface area contributed by atoms with Crippen LogP contribution in [-0.4, -0.2) is 95.5 Å². The maximum Gasteiger partial charge on any atom is 0.235 e. The van der Waals surface area contributed by atoms with E-state index in [0.29, 0.717) is 23.4 Å². The second kappa shape index (κ2) is 10.0. The first kappa shape index (κ1) is 29.8. The number of ketones is 4. The van der Waals surface area contributed by atoms with E-state index in [1.165, 1.54) is 18.1 Å². The van der Waals surface area contributed by atoms with E-state index in [-0.39, 0.29) is 29.6 Å². The maximum atomic E-state index is 13.9. The number of nitrogens with two attached hydrogens (primary N) is 1.